The molecule has 2 atom stereocenters. The van der Waals surface area contributed by atoms with Crippen molar-refractivity contribution in [1.82, 2.24) is 10.2 Å². The van der Waals surface area contributed by atoms with Crippen molar-refractivity contribution in [1.29, 1.82) is 0 Å². The quantitative estimate of drug-likeness (QED) is 0.491. The first-order valence-electron chi connectivity index (χ1n) is 12.0. The number of ether oxygens (including phenoxy) is 2. The molecule has 1 amide bonds. The first-order valence-corrected chi connectivity index (χ1v) is 12.0. The van der Waals surface area contributed by atoms with E-state index >= 15 is 0 Å². The highest BCUT2D eigenvalue weighted by atomic mass is 16.5. The van der Waals surface area contributed by atoms with Crippen LogP contribution in [0.1, 0.15) is 62.7 Å². The fourth-order valence-corrected chi connectivity index (χ4v) is 4.14. The van der Waals surface area contributed by atoms with Gasteiger partial charge in [0.1, 0.15) is 0 Å². The Morgan fingerprint density at radius 3 is 2.77 bits per heavy atom. The number of fused-ring (bicyclic) bond motifs is 1. The lowest BCUT2D eigenvalue weighted by atomic mass is 9.93. The summed E-state index contributed by atoms with van der Waals surface area (Å²) in [5.41, 5.74) is 1.36. The summed E-state index contributed by atoms with van der Waals surface area (Å²) in [6.07, 6.45) is 5.75. The molecule has 7 nitrogen and oxygen atoms in total. The van der Waals surface area contributed by atoms with Crippen molar-refractivity contribution >= 4 is 11.6 Å². The van der Waals surface area contributed by atoms with Gasteiger partial charge in [0.15, 0.2) is 11.5 Å². The minimum atomic E-state index is -0.412. The maximum Gasteiger partial charge on any atom is 0.255 e. The Hall–Kier alpha value is -1.99. The van der Waals surface area contributed by atoms with Crippen LogP contribution in [0.25, 0.3) is 0 Å². The third-order valence-electron chi connectivity index (χ3n) is 6.11. The van der Waals surface area contributed by atoms with Gasteiger partial charge < -0.3 is 30.1 Å². The molecule has 0 aromatic heterocycles. The number of anilines is 1. The van der Waals surface area contributed by atoms with E-state index in [0.717, 1.165) is 63.8 Å². The van der Waals surface area contributed by atoms with Crippen LogP contribution in [0.4, 0.5) is 5.69 Å². The van der Waals surface area contributed by atoms with E-state index in [1.807, 2.05) is 12.1 Å². The van der Waals surface area contributed by atoms with Gasteiger partial charge >= 0.3 is 0 Å². The number of hydrogen-bond acceptors (Lipinski definition) is 6. The van der Waals surface area contributed by atoms with E-state index in [0.29, 0.717) is 43.4 Å². The molecule has 3 rings (SSSR count). The standard InChI is InChI=1S/C24H39N3O4/c1-3-5-9-25-19-14-20(23-22(15-19)30-12-7-13-31-23)24(29)26-16-18-8-11-27(10-6-4-2)17-21(18)28/h14-15,18,21,25,28H,3-13,16-17H2,1-2H3,(H,26,29)/t18-,21?/m0/s1. The molecule has 31 heavy (non-hydrogen) atoms. The summed E-state index contributed by atoms with van der Waals surface area (Å²) in [5.74, 6) is 1.03. The normalized spacial score (nSPS) is 21.4. The molecule has 0 radical (unpaired) electrons. The minimum absolute atomic E-state index is 0.0726. The number of piperidine rings is 1. The fraction of sp³-hybridized carbons (Fsp3) is 0.708. The number of aliphatic hydroxyl groups is 1. The molecule has 1 aromatic rings. The number of unbranched alkanes of at least 4 members (excludes halogenated alkanes) is 2. The van der Waals surface area contributed by atoms with E-state index in [1.54, 1.807) is 0 Å². The Balaban J connectivity index is 1.64. The molecule has 1 unspecified atom stereocenters. The maximum absolute atomic E-state index is 13.1. The third-order valence-corrected chi connectivity index (χ3v) is 6.11. The number of carbonyl (C=O) groups is 1. The molecule has 2 aliphatic heterocycles. The second-order valence-electron chi connectivity index (χ2n) is 8.66. The molecular weight excluding hydrogens is 394 g/mol. The Bertz CT molecular complexity index is 712. The van der Waals surface area contributed by atoms with Crippen molar-refractivity contribution in [3.63, 3.8) is 0 Å². The fourth-order valence-electron chi connectivity index (χ4n) is 4.14. The average molecular weight is 434 g/mol. The Labute approximate surface area is 186 Å². The number of nitrogens with one attached hydrogen (secondary N) is 2. The highest BCUT2D eigenvalue weighted by Crippen LogP contribution is 2.36. The molecule has 2 aliphatic rings. The van der Waals surface area contributed by atoms with Gasteiger partial charge in [0, 0.05) is 43.7 Å². The van der Waals surface area contributed by atoms with Crippen LogP contribution >= 0.6 is 0 Å². The molecule has 3 N–H and O–H groups in total. The minimum Gasteiger partial charge on any atom is -0.489 e. The lowest BCUT2D eigenvalue weighted by Crippen LogP contribution is -2.47. The number of carbonyl (C=O) groups excluding carboxylic acids is 1. The lowest BCUT2D eigenvalue weighted by molar-refractivity contribution is 0.0217. The number of aliphatic hydroxyl groups excluding tert-OH is 1. The summed E-state index contributed by atoms with van der Waals surface area (Å²) in [7, 11) is 0. The molecular formula is C24H39N3O4. The molecule has 0 aliphatic carbocycles. The summed E-state index contributed by atoms with van der Waals surface area (Å²) in [6.45, 7) is 9.45. The van der Waals surface area contributed by atoms with Crippen LogP contribution < -0.4 is 20.1 Å². The van der Waals surface area contributed by atoms with Crippen molar-refractivity contribution in [3.8, 4) is 11.5 Å². The Kier molecular flexibility index (Phi) is 9.28. The number of β-amino-alcohol motifs (C(OH)–C–C–N with tert-alkyl or cyclic N) is 1. The van der Waals surface area contributed by atoms with E-state index in [4.69, 9.17) is 9.47 Å². The predicted molar refractivity (Wildman–Crippen MR) is 123 cm³/mol. The van der Waals surface area contributed by atoms with Crippen LogP contribution in [-0.2, 0) is 0 Å². The average Bonchev–Trinajstić information content (AvgIpc) is 3.02. The van der Waals surface area contributed by atoms with Crippen molar-refractivity contribution in [2.24, 2.45) is 5.92 Å². The van der Waals surface area contributed by atoms with Crippen molar-refractivity contribution in [3.05, 3.63) is 17.7 Å². The Morgan fingerprint density at radius 2 is 2.00 bits per heavy atom. The molecule has 0 bridgehead atoms. The van der Waals surface area contributed by atoms with E-state index in [-0.39, 0.29) is 11.8 Å². The van der Waals surface area contributed by atoms with Crippen molar-refractivity contribution < 1.29 is 19.4 Å². The van der Waals surface area contributed by atoms with Gasteiger partial charge in [0.05, 0.1) is 24.9 Å². The Morgan fingerprint density at radius 1 is 1.19 bits per heavy atom. The van der Waals surface area contributed by atoms with E-state index in [1.165, 1.54) is 0 Å². The van der Waals surface area contributed by atoms with Crippen LogP contribution in [0.3, 0.4) is 0 Å². The van der Waals surface area contributed by atoms with Gasteiger partial charge in [-0.2, -0.15) is 0 Å². The number of rotatable bonds is 10. The largest absolute Gasteiger partial charge is 0.489 e. The van der Waals surface area contributed by atoms with Gasteiger partial charge in [-0.3, -0.25) is 4.79 Å². The van der Waals surface area contributed by atoms with Crippen molar-refractivity contribution in [2.45, 2.75) is 58.5 Å². The second kappa shape index (κ2) is 12.2. The van der Waals surface area contributed by atoms with Crippen LogP contribution in [0.15, 0.2) is 12.1 Å². The van der Waals surface area contributed by atoms with Gasteiger partial charge in [0.25, 0.3) is 5.91 Å². The molecule has 1 fully saturated rings. The maximum atomic E-state index is 13.1. The lowest BCUT2D eigenvalue weighted by Gasteiger charge is -2.36. The van der Waals surface area contributed by atoms with Gasteiger partial charge in [-0.1, -0.05) is 26.7 Å². The van der Waals surface area contributed by atoms with Crippen molar-refractivity contribution in [2.75, 3.05) is 51.3 Å². The summed E-state index contributed by atoms with van der Waals surface area (Å²) in [6, 6.07) is 3.77. The molecule has 1 aromatic carbocycles. The first-order chi connectivity index (χ1) is 15.1. The van der Waals surface area contributed by atoms with Crippen LogP contribution in [-0.4, -0.2) is 68.0 Å². The molecule has 0 spiro atoms. The zero-order valence-electron chi connectivity index (χ0n) is 19.1. The zero-order chi connectivity index (χ0) is 22.1. The van der Waals surface area contributed by atoms with E-state index in [9.17, 15) is 9.90 Å². The molecule has 174 valence electrons. The molecule has 0 saturated carbocycles. The van der Waals surface area contributed by atoms with Crippen LogP contribution in [0.5, 0.6) is 11.5 Å². The second-order valence-corrected chi connectivity index (χ2v) is 8.66. The van der Waals surface area contributed by atoms with Crippen LogP contribution in [0, 0.1) is 5.92 Å². The van der Waals surface area contributed by atoms with Gasteiger partial charge in [-0.25, -0.2) is 0 Å². The SMILES string of the molecule is CCCCNc1cc2c(c(C(=O)NC[C@@H]3CCN(CCCC)CC3O)c1)OCCCO2. The third kappa shape index (κ3) is 6.74. The van der Waals surface area contributed by atoms with E-state index < -0.39 is 6.10 Å². The topological polar surface area (TPSA) is 83.1 Å². The van der Waals surface area contributed by atoms with Gasteiger partial charge in [-0.05, 0) is 38.4 Å². The first kappa shape index (κ1) is 23.7. The number of nitrogens with zero attached hydrogens (tertiary/aromatic N) is 1. The summed E-state index contributed by atoms with van der Waals surface area (Å²) in [4.78, 5) is 15.4. The smallest absolute Gasteiger partial charge is 0.255 e. The van der Waals surface area contributed by atoms with Crippen LogP contribution in [0.2, 0.25) is 0 Å². The monoisotopic (exact) mass is 433 g/mol. The predicted octanol–water partition coefficient (Wildman–Crippen LogP) is 3.27. The van der Waals surface area contributed by atoms with E-state index in [2.05, 4.69) is 29.4 Å². The highest BCUT2D eigenvalue weighted by Gasteiger charge is 2.28. The summed E-state index contributed by atoms with van der Waals surface area (Å²) < 4.78 is 11.7. The summed E-state index contributed by atoms with van der Waals surface area (Å²) in [5, 5.41) is 17.0. The van der Waals surface area contributed by atoms with Gasteiger partial charge in [0.2, 0.25) is 0 Å². The molecule has 1 saturated heterocycles. The van der Waals surface area contributed by atoms with Gasteiger partial charge in [-0.15, -0.1) is 0 Å². The molecule has 2 heterocycles. The zero-order valence-corrected chi connectivity index (χ0v) is 19.1. The highest BCUT2D eigenvalue weighted by molar-refractivity contribution is 5.99. The number of hydrogen-bond donors (Lipinski definition) is 3. The number of benzene rings is 1. The number of amides is 1. The molecule has 7 heteroatoms. The summed E-state index contributed by atoms with van der Waals surface area (Å²) >= 11 is 0. The number of likely N-dealkylation sites (tertiary alicyclic amines) is 1.